The maximum atomic E-state index is 11.1. The average Bonchev–Trinajstić information content (AvgIpc) is 2.65. The summed E-state index contributed by atoms with van der Waals surface area (Å²) in [4.78, 5) is 22.6. The van der Waals surface area contributed by atoms with E-state index in [-0.39, 0.29) is 10.6 Å². The van der Waals surface area contributed by atoms with Crippen molar-refractivity contribution in [1.82, 2.24) is 4.98 Å². The first-order valence-electron chi connectivity index (χ1n) is 5.19. The number of carboxylic acid groups (broad SMARTS) is 1. The van der Waals surface area contributed by atoms with Gasteiger partial charge in [0.25, 0.3) is 5.97 Å². The quantitative estimate of drug-likeness (QED) is 0.646. The van der Waals surface area contributed by atoms with Gasteiger partial charge in [0.2, 0.25) is 0 Å². The first kappa shape index (κ1) is 14.2. The number of aromatic amines is 1. The van der Waals surface area contributed by atoms with Gasteiger partial charge in [-0.05, 0) is 24.6 Å². The van der Waals surface area contributed by atoms with Crippen molar-refractivity contribution < 1.29 is 15.0 Å². The highest BCUT2D eigenvalue weighted by atomic mass is 32.1. The maximum Gasteiger partial charge on any atom is 0.305 e. The molecule has 0 spiro atoms. The van der Waals surface area contributed by atoms with Crippen LogP contribution in [-0.2, 0) is 11.2 Å². The average molecular weight is 270 g/mol. The van der Waals surface area contributed by atoms with Gasteiger partial charge >= 0.3 is 4.87 Å². The predicted octanol–water partition coefficient (Wildman–Crippen LogP) is 0.887. The van der Waals surface area contributed by atoms with Gasteiger partial charge in [0.1, 0.15) is 11.3 Å². The fourth-order valence-corrected chi connectivity index (χ4v) is 2.32. The van der Waals surface area contributed by atoms with Crippen LogP contribution in [0.5, 0.6) is 5.75 Å². The largest absolute Gasteiger partial charge is 0.506 e. The van der Waals surface area contributed by atoms with E-state index in [0.29, 0.717) is 18.5 Å². The monoisotopic (exact) mass is 270 g/mol. The lowest BCUT2D eigenvalue weighted by Crippen LogP contribution is -2.02. The molecule has 1 aromatic carbocycles. The number of hydrogen-bond donors (Lipinski definition) is 4. The van der Waals surface area contributed by atoms with E-state index in [1.807, 2.05) is 0 Å². The first-order valence-corrected chi connectivity index (χ1v) is 6.00. The summed E-state index contributed by atoms with van der Waals surface area (Å²) in [5.41, 5.74) is 6.97. The van der Waals surface area contributed by atoms with Crippen molar-refractivity contribution >= 4 is 27.5 Å². The molecule has 0 aliphatic rings. The second kappa shape index (κ2) is 6.18. The van der Waals surface area contributed by atoms with Crippen molar-refractivity contribution in [1.29, 1.82) is 0 Å². The molecule has 1 aromatic heterocycles. The molecule has 0 saturated heterocycles. The number of carboxylic acids is 1. The molecule has 0 aliphatic heterocycles. The topological polar surface area (TPSA) is 116 Å². The SMILES string of the molecule is CC(=O)O.NCCc1ccc(O)c2[nH]c(=O)sc12. The summed E-state index contributed by atoms with van der Waals surface area (Å²) >= 11 is 1.11. The highest BCUT2D eigenvalue weighted by Gasteiger charge is 2.08. The lowest BCUT2D eigenvalue weighted by Gasteiger charge is -2.01. The first-order chi connectivity index (χ1) is 8.45. The van der Waals surface area contributed by atoms with Crippen LogP contribution < -0.4 is 10.6 Å². The van der Waals surface area contributed by atoms with Crippen LogP contribution >= 0.6 is 11.3 Å². The number of aliphatic carboxylic acids is 1. The standard InChI is InChI=1S/C9H10N2O2S.C2H4O2/c10-4-3-5-1-2-6(12)7-8(5)14-9(13)11-7;1-2(3)4/h1-2,12H,3-4,10H2,(H,11,13);1H3,(H,3,4). The molecule has 0 aliphatic carbocycles. The minimum Gasteiger partial charge on any atom is -0.506 e. The molecule has 0 amide bonds. The van der Waals surface area contributed by atoms with Crippen LogP contribution in [0.2, 0.25) is 0 Å². The van der Waals surface area contributed by atoms with Crippen molar-refractivity contribution in [2.75, 3.05) is 6.54 Å². The molecule has 5 N–H and O–H groups in total. The molecule has 1 heterocycles. The highest BCUT2D eigenvalue weighted by Crippen LogP contribution is 2.27. The van der Waals surface area contributed by atoms with Gasteiger partial charge in [-0.3, -0.25) is 9.59 Å². The molecular weight excluding hydrogens is 256 g/mol. The van der Waals surface area contributed by atoms with Gasteiger partial charge in [0, 0.05) is 6.92 Å². The van der Waals surface area contributed by atoms with E-state index in [4.69, 9.17) is 15.6 Å². The Morgan fingerprint density at radius 1 is 1.50 bits per heavy atom. The molecule has 0 saturated carbocycles. The number of H-pyrrole nitrogens is 1. The molecule has 0 bridgehead atoms. The van der Waals surface area contributed by atoms with E-state index in [9.17, 15) is 9.90 Å². The fraction of sp³-hybridized carbons (Fsp3) is 0.273. The second-order valence-corrected chi connectivity index (χ2v) is 4.50. The summed E-state index contributed by atoms with van der Waals surface area (Å²) in [5.74, 6) is -0.723. The van der Waals surface area contributed by atoms with Crippen molar-refractivity contribution in [2.24, 2.45) is 5.73 Å². The molecule has 18 heavy (non-hydrogen) atoms. The maximum absolute atomic E-state index is 11.1. The fourth-order valence-electron chi connectivity index (χ4n) is 1.43. The Balaban J connectivity index is 0.000000357. The zero-order valence-electron chi connectivity index (χ0n) is 9.77. The Morgan fingerprint density at radius 2 is 2.11 bits per heavy atom. The summed E-state index contributed by atoms with van der Waals surface area (Å²) < 4.78 is 0.806. The van der Waals surface area contributed by atoms with E-state index in [1.54, 1.807) is 12.1 Å². The van der Waals surface area contributed by atoms with E-state index in [1.165, 1.54) is 0 Å². The minimum absolute atomic E-state index is 0.110. The molecule has 7 heteroatoms. The van der Waals surface area contributed by atoms with Gasteiger partial charge in [-0.15, -0.1) is 0 Å². The van der Waals surface area contributed by atoms with Crippen LogP contribution in [-0.4, -0.2) is 27.7 Å². The molecule has 0 fully saturated rings. The van der Waals surface area contributed by atoms with E-state index in [2.05, 4.69) is 4.98 Å². The van der Waals surface area contributed by atoms with Crippen molar-refractivity contribution in [3.8, 4) is 5.75 Å². The Kier molecular flexibility index (Phi) is 4.87. The molecular formula is C11H14N2O4S. The predicted molar refractivity (Wildman–Crippen MR) is 70.2 cm³/mol. The van der Waals surface area contributed by atoms with Crippen LogP contribution in [0.3, 0.4) is 0 Å². The lowest BCUT2D eigenvalue weighted by molar-refractivity contribution is -0.134. The number of benzene rings is 1. The van der Waals surface area contributed by atoms with E-state index < -0.39 is 5.97 Å². The van der Waals surface area contributed by atoms with Crippen LogP contribution in [0.25, 0.3) is 10.2 Å². The lowest BCUT2D eigenvalue weighted by atomic mass is 10.1. The summed E-state index contributed by atoms with van der Waals surface area (Å²) in [5, 5.41) is 16.9. The number of phenols is 1. The number of thiazole rings is 1. The highest BCUT2D eigenvalue weighted by molar-refractivity contribution is 7.16. The molecule has 0 radical (unpaired) electrons. The molecule has 98 valence electrons. The zero-order chi connectivity index (χ0) is 13.7. The summed E-state index contributed by atoms with van der Waals surface area (Å²) in [6, 6.07) is 3.38. The van der Waals surface area contributed by atoms with Crippen LogP contribution in [0.1, 0.15) is 12.5 Å². The summed E-state index contributed by atoms with van der Waals surface area (Å²) in [6.07, 6.45) is 0.713. The third kappa shape index (κ3) is 3.57. The van der Waals surface area contributed by atoms with Crippen molar-refractivity contribution in [2.45, 2.75) is 13.3 Å². The van der Waals surface area contributed by atoms with Gasteiger partial charge in [-0.25, -0.2) is 0 Å². The van der Waals surface area contributed by atoms with Gasteiger partial charge in [-0.2, -0.15) is 0 Å². The van der Waals surface area contributed by atoms with Gasteiger partial charge < -0.3 is 20.9 Å². The van der Waals surface area contributed by atoms with Crippen molar-refractivity contribution in [3.63, 3.8) is 0 Å². The van der Waals surface area contributed by atoms with Crippen LogP contribution in [0.4, 0.5) is 0 Å². The van der Waals surface area contributed by atoms with E-state index in [0.717, 1.165) is 28.5 Å². The number of phenolic OH excluding ortho intramolecular Hbond substituents is 1. The number of aromatic nitrogens is 1. The zero-order valence-corrected chi connectivity index (χ0v) is 10.6. The number of carbonyl (C=O) groups is 1. The molecule has 0 atom stereocenters. The number of rotatable bonds is 2. The third-order valence-corrected chi connectivity index (χ3v) is 3.01. The second-order valence-electron chi connectivity index (χ2n) is 3.52. The third-order valence-electron chi connectivity index (χ3n) is 2.05. The number of aromatic hydroxyl groups is 1. The van der Waals surface area contributed by atoms with Crippen LogP contribution in [0.15, 0.2) is 16.9 Å². The number of nitrogens with one attached hydrogen (secondary N) is 1. The van der Waals surface area contributed by atoms with Gasteiger partial charge in [0.05, 0.1) is 4.70 Å². The molecule has 6 nitrogen and oxygen atoms in total. The van der Waals surface area contributed by atoms with Crippen LogP contribution in [0, 0.1) is 0 Å². The van der Waals surface area contributed by atoms with Gasteiger partial charge in [0.15, 0.2) is 0 Å². The van der Waals surface area contributed by atoms with E-state index >= 15 is 0 Å². The summed E-state index contributed by atoms with van der Waals surface area (Å²) in [6.45, 7) is 1.62. The number of nitrogens with two attached hydrogens (primary N) is 1. The normalized spacial score (nSPS) is 9.89. The minimum atomic E-state index is -0.833. The molecule has 2 aromatic rings. The van der Waals surface area contributed by atoms with Gasteiger partial charge in [-0.1, -0.05) is 17.4 Å². The van der Waals surface area contributed by atoms with Crippen molar-refractivity contribution in [3.05, 3.63) is 27.4 Å². The number of fused-ring (bicyclic) bond motifs is 1. The Bertz CT molecular complexity index is 599. The Labute approximate surface area is 107 Å². The Hall–Kier alpha value is -1.86. The molecule has 0 unspecified atom stereocenters. The summed E-state index contributed by atoms with van der Waals surface area (Å²) in [7, 11) is 0. The molecule has 2 rings (SSSR count). The number of hydrogen-bond acceptors (Lipinski definition) is 5. The smallest absolute Gasteiger partial charge is 0.305 e. The Morgan fingerprint density at radius 3 is 2.67 bits per heavy atom.